The standard InChI is InChI=1S/C26H32O5/c1-4-30-23-18-22(26(29-3)24(19-23)31-5-2)16-15-21-13-10-12-20(17-21)11-8-6-7-9-14-25(27)28/h8,10-13,15-19H,4-7,9,14H2,1-3H3,(H,27,28). The minimum atomic E-state index is -0.736. The Bertz CT molecular complexity index is 899. The van der Waals surface area contributed by atoms with Crippen LogP contribution in [-0.2, 0) is 4.79 Å². The largest absolute Gasteiger partial charge is 0.494 e. The Hall–Kier alpha value is -3.21. The van der Waals surface area contributed by atoms with Gasteiger partial charge in [-0.3, -0.25) is 4.79 Å². The number of allylic oxidation sites excluding steroid dienone is 1. The molecule has 1 N–H and O–H groups in total. The van der Waals surface area contributed by atoms with Crippen LogP contribution < -0.4 is 14.2 Å². The number of aliphatic carboxylic acids is 1. The van der Waals surface area contributed by atoms with Crippen LogP contribution in [0.15, 0.2) is 42.5 Å². The van der Waals surface area contributed by atoms with E-state index < -0.39 is 5.97 Å². The molecule has 0 saturated carbocycles. The minimum absolute atomic E-state index is 0.229. The van der Waals surface area contributed by atoms with Crippen LogP contribution in [0.5, 0.6) is 17.2 Å². The van der Waals surface area contributed by atoms with Crippen molar-refractivity contribution in [3.05, 3.63) is 59.2 Å². The van der Waals surface area contributed by atoms with Gasteiger partial charge in [0.25, 0.3) is 0 Å². The highest BCUT2D eigenvalue weighted by Gasteiger charge is 2.12. The van der Waals surface area contributed by atoms with Gasteiger partial charge >= 0.3 is 5.97 Å². The summed E-state index contributed by atoms with van der Waals surface area (Å²) in [5.74, 6) is 1.35. The predicted octanol–water partition coefficient (Wildman–Crippen LogP) is 6.32. The molecule has 0 fully saturated rings. The first kappa shape index (κ1) is 24.1. The van der Waals surface area contributed by atoms with E-state index in [0.717, 1.165) is 35.3 Å². The number of ether oxygens (including phenoxy) is 3. The summed E-state index contributed by atoms with van der Waals surface area (Å²) in [7, 11) is 1.64. The zero-order chi connectivity index (χ0) is 22.5. The zero-order valence-electron chi connectivity index (χ0n) is 18.6. The van der Waals surface area contributed by atoms with E-state index in [1.54, 1.807) is 7.11 Å². The molecule has 0 atom stereocenters. The summed E-state index contributed by atoms with van der Waals surface area (Å²) in [6.07, 6.45) is 10.9. The van der Waals surface area contributed by atoms with E-state index in [2.05, 4.69) is 24.3 Å². The maximum atomic E-state index is 10.6. The van der Waals surface area contributed by atoms with Crippen molar-refractivity contribution >= 4 is 24.2 Å². The Labute approximate surface area is 185 Å². The molecule has 0 heterocycles. The Morgan fingerprint density at radius 1 is 0.968 bits per heavy atom. The maximum absolute atomic E-state index is 10.6. The van der Waals surface area contributed by atoms with Gasteiger partial charge in [-0.2, -0.15) is 0 Å². The lowest BCUT2D eigenvalue weighted by atomic mass is 10.1. The molecule has 31 heavy (non-hydrogen) atoms. The summed E-state index contributed by atoms with van der Waals surface area (Å²) < 4.78 is 17.0. The van der Waals surface area contributed by atoms with E-state index in [4.69, 9.17) is 19.3 Å². The molecule has 0 aliphatic carbocycles. The van der Waals surface area contributed by atoms with Crippen LogP contribution in [0, 0.1) is 0 Å². The van der Waals surface area contributed by atoms with Gasteiger partial charge in [-0.1, -0.05) is 42.5 Å². The molecule has 2 aromatic rings. The SMILES string of the molecule is CCOc1cc(C=Cc2cccc(C=CCCCCC(=O)O)c2)c(OC)c(OCC)c1. The zero-order valence-corrected chi connectivity index (χ0v) is 18.6. The first-order valence-corrected chi connectivity index (χ1v) is 10.7. The van der Waals surface area contributed by atoms with Crippen molar-refractivity contribution in [3.8, 4) is 17.2 Å². The van der Waals surface area contributed by atoms with Crippen LogP contribution >= 0.6 is 0 Å². The van der Waals surface area contributed by atoms with E-state index in [0.29, 0.717) is 31.1 Å². The van der Waals surface area contributed by atoms with Crippen molar-refractivity contribution in [1.82, 2.24) is 0 Å². The Balaban J connectivity index is 2.14. The van der Waals surface area contributed by atoms with E-state index in [9.17, 15) is 4.79 Å². The van der Waals surface area contributed by atoms with Crippen molar-refractivity contribution in [2.75, 3.05) is 20.3 Å². The van der Waals surface area contributed by atoms with Gasteiger partial charge in [0.2, 0.25) is 0 Å². The van der Waals surface area contributed by atoms with Gasteiger partial charge in [0.15, 0.2) is 11.5 Å². The first-order valence-electron chi connectivity index (χ1n) is 10.7. The number of carboxylic acid groups (broad SMARTS) is 1. The minimum Gasteiger partial charge on any atom is -0.494 e. The third kappa shape index (κ3) is 8.21. The molecular weight excluding hydrogens is 392 g/mol. The van der Waals surface area contributed by atoms with Gasteiger partial charge in [-0.05, 0) is 56.4 Å². The van der Waals surface area contributed by atoms with Crippen molar-refractivity contribution in [3.63, 3.8) is 0 Å². The summed E-state index contributed by atoms with van der Waals surface area (Å²) in [4.78, 5) is 10.6. The molecule has 166 valence electrons. The number of hydrogen-bond acceptors (Lipinski definition) is 4. The van der Waals surface area contributed by atoms with Crippen LogP contribution in [0.25, 0.3) is 18.2 Å². The molecule has 0 aliphatic heterocycles. The predicted molar refractivity (Wildman–Crippen MR) is 126 cm³/mol. The van der Waals surface area contributed by atoms with Crippen LogP contribution in [0.3, 0.4) is 0 Å². The second-order valence-electron chi connectivity index (χ2n) is 6.96. The van der Waals surface area contributed by atoms with E-state index >= 15 is 0 Å². The molecule has 0 bridgehead atoms. The summed E-state index contributed by atoms with van der Waals surface area (Å²) in [6.45, 7) is 5.00. The molecular formula is C26H32O5. The normalized spacial score (nSPS) is 11.2. The number of carbonyl (C=O) groups is 1. The number of hydrogen-bond donors (Lipinski definition) is 1. The topological polar surface area (TPSA) is 65.0 Å². The van der Waals surface area contributed by atoms with Crippen LogP contribution in [-0.4, -0.2) is 31.4 Å². The number of benzene rings is 2. The molecule has 0 radical (unpaired) electrons. The van der Waals surface area contributed by atoms with E-state index in [-0.39, 0.29) is 6.42 Å². The lowest BCUT2D eigenvalue weighted by molar-refractivity contribution is -0.137. The smallest absolute Gasteiger partial charge is 0.303 e. The molecule has 0 unspecified atom stereocenters. The molecule has 0 amide bonds. The lowest BCUT2D eigenvalue weighted by Crippen LogP contribution is -1.99. The fraction of sp³-hybridized carbons (Fsp3) is 0.346. The molecule has 0 spiro atoms. The quantitative estimate of drug-likeness (QED) is 0.301. The summed E-state index contributed by atoms with van der Waals surface area (Å²) >= 11 is 0. The number of unbranched alkanes of at least 4 members (excludes halogenated alkanes) is 2. The fourth-order valence-electron chi connectivity index (χ4n) is 3.16. The molecule has 2 rings (SSSR count). The molecule has 0 aromatic heterocycles. The van der Waals surface area contributed by atoms with E-state index in [1.807, 2.05) is 50.3 Å². The van der Waals surface area contributed by atoms with Gasteiger partial charge in [-0.15, -0.1) is 0 Å². The van der Waals surface area contributed by atoms with Crippen molar-refractivity contribution < 1.29 is 24.1 Å². The molecule has 2 aromatic carbocycles. The monoisotopic (exact) mass is 424 g/mol. The Kier molecular flexibility index (Phi) is 10.2. The average molecular weight is 425 g/mol. The van der Waals surface area contributed by atoms with E-state index in [1.165, 1.54) is 0 Å². The van der Waals surface area contributed by atoms with Crippen LogP contribution in [0.1, 0.15) is 56.2 Å². The van der Waals surface area contributed by atoms with Gasteiger partial charge in [0.1, 0.15) is 5.75 Å². The maximum Gasteiger partial charge on any atom is 0.303 e. The highest BCUT2D eigenvalue weighted by molar-refractivity contribution is 5.76. The highest BCUT2D eigenvalue weighted by Crippen LogP contribution is 2.37. The number of carboxylic acids is 1. The third-order valence-corrected chi connectivity index (χ3v) is 4.56. The van der Waals surface area contributed by atoms with Gasteiger partial charge in [-0.25, -0.2) is 0 Å². The first-order chi connectivity index (χ1) is 15.1. The van der Waals surface area contributed by atoms with Crippen LogP contribution in [0.2, 0.25) is 0 Å². The van der Waals surface area contributed by atoms with Gasteiger partial charge in [0, 0.05) is 18.1 Å². The average Bonchev–Trinajstić information content (AvgIpc) is 2.75. The summed E-state index contributed by atoms with van der Waals surface area (Å²) in [5, 5.41) is 8.68. The highest BCUT2D eigenvalue weighted by atomic mass is 16.5. The lowest BCUT2D eigenvalue weighted by Gasteiger charge is -2.14. The van der Waals surface area contributed by atoms with Crippen LogP contribution in [0.4, 0.5) is 0 Å². The second-order valence-corrected chi connectivity index (χ2v) is 6.96. The third-order valence-electron chi connectivity index (χ3n) is 4.56. The fourth-order valence-corrected chi connectivity index (χ4v) is 3.16. The number of rotatable bonds is 13. The van der Waals surface area contributed by atoms with Crippen molar-refractivity contribution in [2.24, 2.45) is 0 Å². The Morgan fingerprint density at radius 3 is 2.39 bits per heavy atom. The van der Waals surface area contributed by atoms with Crippen molar-refractivity contribution in [1.29, 1.82) is 0 Å². The molecule has 0 aliphatic rings. The molecule has 5 nitrogen and oxygen atoms in total. The summed E-state index contributed by atoms with van der Waals surface area (Å²) in [6, 6.07) is 12.0. The second kappa shape index (κ2) is 13.2. The van der Waals surface area contributed by atoms with Gasteiger partial charge in [0.05, 0.1) is 20.3 Å². The van der Waals surface area contributed by atoms with Crippen molar-refractivity contribution in [2.45, 2.75) is 39.5 Å². The summed E-state index contributed by atoms with van der Waals surface area (Å²) in [5.41, 5.74) is 3.05. The number of methoxy groups -OCH3 is 1. The van der Waals surface area contributed by atoms with Gasteiger partial charge < -0.3 is 19.3 Å². The Morgan fingerprint density at radius 2 is 1.71 bits per heavy atom. The molecule has 5 heteroatoms. The molecule has 0 saturated heterocycles.